The lowest BCUT2D eigenvalue weighted by molar-refractivity contribution is 1.20. The summed E-state index contributed by atoms with van der Waals surface area (Å²) in [5, 5.41) is 3.53. The summed E-state index contributed by atoms with van der Waals surface area (Å²) in [7, 11) is 0. The minimum atomic E-state index is 0.957. The van der Waals surface area contributed by atoms with E-state index in [0.717, 1.165) is 22.1 Å². The van der Waals surface area contributed by atoms with E-state index < -0.39 is 0 Å². The fourth-order valence-corrected chi connectivity index (χ4v) is 2.39. The van der Waals surface area contributed by atoms with E-state index in [0.29, 0.717) is 0 Å². The predicted octanol–water partition coefficient (Wildman–Crippen LogP) is 3.04. The molecule has 3 heterocycles. The van der Waals surface area contributed by atoms with Crippen molar-refractivity contribution >= 4 is 27.5 Å². The van der Waals surface area contributed by atoms with E-state index in [-0.39, 0.29) is 0 Å². The van der Waals surface area contributed by atoms with Gasteiger partial charge in [0.1, 0.15) is 11.3 Å². The number of hydrogen-bond donors (Lipinski definition) is 0. The van der Waals surface area contributed by atoms with Crippen LogP contribution in [0.1, 0.15) is 0 Å². The maximum absolute atomic E-state index is 4.45. The molecule has 0 aliphatic heterocycles. The number of rotatable bonds is 0. The number of benzene rings is 1. The third kappa shape index (κ3) is 1.05. The Morgan fingerprint density at radius 1 is 0.706 bits per heavy atom. The topological polar surface area (TPSA) is 30.2 Å². The van der Waals surface area contributed by atoms with Gasteiger partial charge in [0.2, 0.25) is 0 Å². The number of nitrogens with zero attached hydrogens (tertiary/aromatic N) is 3. The summed E-state index contributed by atoms with van der Waals surface area (Å²) in [4.78, 5) is 8.87. The van der Waals surface area contributed by atoms with Gasteiger partial charge in [0, 0.05) is 29.4 Å². The molecule has 1 aromatic carbocycles. The van der Waals surface area contributed by atoms with Crippen molar-refractivity contribution in [3.63, 3.8) is 0 Å². The van der Waals surface area contributed by atoms with Crippen molar-refractivity contribution in [2.45, 2.75) is 0 Å². The van der Waals surface area contributed by atoms with Gasteiger partial charge in [-0.3, -0.25) is 4.40 Å². The highest BCUT2D eigenvalue weighted by Gasteiger charge is 2.08. The first-order valence-electron chi connectivity index (χ1n) is 5.54. The highest BCUT2D eigenvalue weighted by atomic mass is 15.0. The minimum absolute atomic E-state index is 0.957. The quantitative estimate of drug-likeness (QED) is 0.425. The second kappa shape index (κ2) is 3.04. The Labute approximate surface area is 97.4 Å². The van der Waals surface area contributed by atoms with Gasteiger partial charge < -0.3 is 0 Å². The molecule has 4 aromatic rings. The summed E-state index contributed by atoms with van der Waals surface area (Å²) >= 11 is 0. The van der Waals surface area contributed by atoms with Crippen LogP contribution in [0.4, 0.5) is 0 Å². The predicted molar refractivity (Wildman–Crippen MR) is 68.0 cm³/mol. The molecule has 4 rings (SSSR count). The summed E-state index contributed by atoms with van der Waals surface area (Å²) in [5.74, 6) is 0. The van der Waals surface area contributed by atoms with Gasteiger partial charge in [0.15, 0.2) is 0 Å². The Kier molecular flexibility index (Phi) is 1.56. The Morgan fingerprint density at radius 2 is 1.35 bits per heavy atom. The molecule has 0 aliphatic rings. The van der Waals surface area contributed by atoms with Crippen molar-refractivity contribution in [1.29, 1.82) is 0 Å². The van der Waals surface area contributed by atoms with Crippen LogP contribution in [0.2, 0.25) is 0 Å². The molecule has 0 fully saturated rings. The van der Waals surface area contributed by atoms with Crippen LogP contribution in [-0.4, -0.2) is 14.4 Å². The van der Waals surface area contributed by atoms with Crippen molar-refractivity contribution in [3.05, 3.63) is 55.0 Å². The van der Waals surface area contributed by atoms with Gasteiger partial charge in [-0.1, -0.05) is 24.3 Å². The second-order valence-electron chi connectivity index (χ2n) is 4.04. The van der Waals surface area contributed by atoms with Gasteiger partial charge in [-0.2, -0.15) is 0 Å². The SMILES string of the molecule is c1ccc2c(c1)c1cccnc1n1ccnc21. The lowest BCUT2D eigenvalue weighted by Gasteiger charge is -2.06. The summed E-state index contributed by atoms with van der Waals surface area (Å²) in [6.45, 7) is 0. The lowest BCUT2D eigenvalue weighted by Crippen LogP contribution is -1.92. The third-order valence-corrected chi connectivity index (χ3v) is 3.11. The minimum Gasteiger partial charge on any atom is -0.283 e. The van der Waals surface area contributed by atoms with Gasteiger partial charge in [-0.15, -0.1) is 0 Å². The molecule has 0 radical (unpaired) electrons. The van der Waals surface area contributed by atoms with Gasteiger partial charge in [0.25, 0.3) is 0 Å². The van der Waals surface area contributed by atoms with E-state index in [9.17, 15) is 0 Å². The van der Waals surface area contributed by atoms with Crippen molar-refractivity contribution in [3.8, 4) is 0 Å². The number of aromatic nitrogens is 3. The maximum atomic E-state index is 4.45. The van der Waals surface area contributed by atoms with Crippen LogP contribution in [0.25, 0.3) is 27.5 Å². The standard InChI is InChI=1S/C14H9N3/c1-2-5-11-10(4-1)12-6-3-7-15-13(12)17-9-8-16-14(11)17/h1-9H. The fourth-order valence-electron chi connectivity index (χ4n) is 2.39. The van der Waals surface area contributed by atoms with E-state index in [1.165, 1.54) is 5.39 Å². The lowest BCUT2D eigenvalue weighted by atomic mass is 10.1. The van der Waals surface area contributed by atoms with Crippen molar-refractivity contribution in [2.75, 3.05) is 0 Å². The van der Waals surface area contributed by atoms with E-state index in [4.69, 9.17) is 0 Å². The molecule has 0 amide bonds. The van der Waals surface area contributed by atoms with Gasteiger partial charge in [-0.05, 0) is 17.5 Å². The van der Waals surface area contributed by atoms with Crippen molar-refractivity contribution in [2.24, 2.45) is 0 Å². The average molecular weight is 219 g/mol. The molecular weight excluding hydrogens is 210 g/mol. The van der Waals surface area contributed by atoms with Crippen LogP contribution in [0.3, 0.4) is 0 Å². The van der Waals surface area contributed by atoms with E-state index >= 15 is 0 Å². The van der Waals surface area contributed by atoms with E-state index in [1.54, 1.807) is 0 Å². The molecule has 0 N–H and O–H groups in total. The smallest absolute Gasteiger partial charge is 0.146 e. The molecule has 3 nitrogen and oxygen atoms in total. The molecule has 0 bridgehead atoms. The van der Waals surface area contributed by atoms with Gasteiger partial charge in [0.05, 0.1) is 0 Å². The first kappa shape index (κ1) is 8.70. The summed E-state index contributed by atoms with van der Waals surface area (Å²) < 4.78 is 2.04. The molecule has 3 aromatic heterocycles. The third-order valence-electron chi connectivity index (χ3n) is 3.11. The summed E-state index contributed by atoms with van der Waals surface area (Å²) in [6.07, 6.45) is 5.59. The molecule has 0 atom stereocenters. The van der Waals surface area contributed by atoms with Crippen LogP contribution < -0.4 is 0 Å². The summed E-state index contributed by atoms with van der Waals surface area (Å²) in [5.41, 5.74) is 1.92. The molecule has 0 saturated heterocycles. The highest BCUT2D eigenvalue weighted by Crippen LogP contribution is 2.26. The molecule has 0 spiro atoms. The second-order valence-corrected chi connectivity index (χ2v) is 4.04. The van der Waals surface area contributed by atoms with Gasteiger partial charge in [-0.25, -0.2) is 9.97 Å². The Balaban J connectivity index is 2.48. The number of pyridine rings is 2. The average Bonchev–Trinajstić information content (AvgIpc) is 2.89. The molecule has 17 heavy (non-hydrogen) atoms. The van der Waals surface area contributed by atoms with Crippen LogP contribution >= 0.6 is 0 Å². The van der Waals surface area contributed by atoms with Crippen LogP contribution in [0.5, 0.6) is 0 Å². The molecule has 3 heteroatoms. The molecule has 80 valence electrons. The Bertz CT molecular complexity index is 776. The van der Waals surface area contributed by atoms with Gasteiger partial charge >= 0.3 is 0 Å². The summed E-state index contributed by atoms with van der Waals surface area (Å²) in [6, 6.07) is 12.4. The number of imidazole rings is 1. The maximum Gasteiger partial charge on any atom is 0.146 e. The largest absolute Gasteiger partial charge is 0.283 e. The zero-order chi connectivity index (χ0) is 11.2. The first-order chi connectivity index (χ1) is 8.45. The highest BCUT2D eigenvalue weighted by molar-refractivity contribution is 6.10. The van der Waals surface area contributed by atoms with Crippen molar-refractivity contribution in [1.82, 2.24) is 14.4 Å². The fraction of sp³-hybridized carbons (Fsp3) is 0. The van der Waals surface area contributed by atoms with Crippen LogP contribution in [-0.2, 0) is 0 Å². The zero-order valence-corrected chi connectivity index (χ0v) is 9.04. The van der Waals surface area contributed by atoms with Crippen LogP contribution in [0.15, 0.2) is 55.0 Å². The molecule has 0 saturated carbocycles. The van der Waals surface area contributed by atoms with E-state index in [2.05, 4.69) is 28.2 Å². The molecule has 0 aliphatic carbocycles. The first-order valence-corrected chi connectivity index (χ1v) is 5.54. The molecular formula is C14H9N3. The Morgan fingerprint density at radius 3 is 2.18 bits per heavy atom. The van der Waals surface area contributed by atoms with Crippen molar-refractivity contribution < 1.29 is 0 Å². The zero-order valence-electron chi connectivity index (χ0n) is 9.04. The number of hydrogen-bond acceptors (Lipinski definition) is 2. The van der Waals surface area contributed by atoms with Crippen LogP contribution in [0, 0.1) is 0 Å². The number of fused-ring (bicyclic) bond motifs is 6. The van der Waals surface area contributed by atoms with E-state index in [1.807, 2.05) is 41.2 Å². The Hall–Kier alpha value is -2.42. The monoisotopic (exact) mass is 219 g/mol. The molecule has 0 unspecified atom stereocenters. The normalized spacial score (nSPS) is 11.5.